The van der Waals surface area contributed by atoms with Crippen LogP contribution < -0.4 is 4.90 Å². The second-order valence-corrected chi connectivity index (χ2v) is 13.5. The molecular formula is C33H35N5O3S. The third kappa shape index (κ3) is 4.85. The van der Waals surface area contributed by atoms with Crippen LogP contribution in [0.25, 0.3) is 10.9 Å². The zero-order valence-electron chi connectivity index (χ0n) is 23.9. The minimum Gasteiger partial charge on any atom is -0.366 e. The second kappa shape index (κ2) is 10.8. The Kier molecular flexibility index (Phi) is 6.96. The summed E-state index contributed by atoms with van der Waals surface area (Å²) < 4.78 is 29.2. The van der Waals surface area contributed by atoms with Crippen LogP contribution in [0, 0.1) is 0 Å². The second-order valence-electron chi connectivity index (χ2n) is 11.6. The number of amides is 1. The number of nitrogens with zero attached hydrogens (tertiary/aromatic N) is 5. The molecule has 7 rings (SSSR count). The van der Waals surface area contributed by atoms with Gasteiger partial charge in [-0.05, 0) is 54.4 Å². The number of hydrogen-bond acceptors (Lipinski definition) is 6. The molecule has 1 fully saturated rings. The van der Waals surface area contributed by atoms with Gasteiger partial charge in [0.05, 0.1) is 21.7 Å². The summed E-state index contributed by atoms with van der Waals surface area (Å²) in [5.74, 6) is 0.0329. The van der Waals surface area contributed by atoms with Gasteiger partial charge in [0.2, 0.25) is 10.0 Å². The molecule has 0 spiro atoms. The first kappa shape index (κ1) is 27.1. The van der Waals surface area contributed by atoms with Crippen molar-refractivity contribution in [1.29, 1.82) is 0 Å². The average molecular weight is 582 g/mol. The zero-order chi connectivity index (χ0) is 28.8. The molecule has 0 radical (unpaired) electrons. The molecule has 4 heterocycles. The van der Waals surface area contributed by atoms with Crippen molar-refractivity contribution in [2.24, 2.45) is 0 Å². The van der Waals surface area contributed by atoms with E-state index in [1.807, 2.05) is 66.5 Å². The fourth-order valence-corrected chi connectivity index (χ4v) is 8.19. The average Bonchev–Trinajstić information content (AvgIpc) is 3.34. The lowest BCUT2D eigenvalue weighted by Gasteiger charge is -2.35. The highest BCUT2D eigenvalue weighted by Crippen LogP contribution is 2.36. The maximum absolute atomic E-state index is 13.8. The van der Waals surface area contributed by atoms with Gasteiger partial charge in [0.15, 0.2) is 0 Å². The van der Waals surface area contributed by atoms with Crippen molar-refractivity contribution < 1.29 is 13.2 Å². The topological polar surface area (TPSA) is 77.1 Å². The lowest BCUT2D eigenvalue weighted by molar-refractivity contribution is 0.0780. The third-order valence-corrected chi connectivity index (χ3v) is 10.9. The van der Waals surface area contributed by atoms with Gasteiger partial charge in [0, 0.05) is 69.9 Å². The number of piperazine rings is 1. The number of fused-ring (bicyclic) bond motifs is 3. The predicted molar refractivity (Wildman–Crippen MR) is 164 cm³/mol. The van der Waals surface area contributed by atoms with Gasteiger partial charge in [0.25, 0.3) is 5.91 Å². The minimum atomic E-state index is -3.61. The first-order valence-electron chi connectivity index (χ1n) is 14.7. The summed E-state index contributed by atoms with van der Waals surface area (Å²) >= 11 is 0. The van der Waals surface area contributed by atoms with Crippen LogP contribution in [-0.4, -0.2) is 79.7 Å². The van der Waals surface area contributed by atoms with E-state index in [1.165, 1.54) is 0 Å². The van der Waals surface area contributed by atoms with Crippen molar-refractivity contribution in [3.05, 3.63) is 101 Å². The number of benzene rings is 3. The molecule has 3 aliphatic heterocycles. The number of hydrogen-bond donors (Lipinski definition) is 0. The fourth-order valence-electron chi connectivity index (χ4n) is 6.51. The van der Waals surface area contributed by atoms with Crippen molar-refractivity contribution in [1.82, 2.24) is 19.1 Å². The molecule has 9 heteroatoms. The Balaban J connectivity index is 1.12. The van der Waals surface area contributed by atoms with E-state index < -0.39 is 10.0 Å². The normalized spacial score (nSPS) is 18.0. The van der Waals surface area contributed by atoms with Crippen LogP contribution >= 0.6 is 0 Å². The molecular weight excluding hydrogens is 546 g/mol. The number of carbonyl (C=O) groups excluding carboxylic acids is 1. The van der Waals surface area contributed by atoms with Crippen molar-refractivity contribution in [3.63, 3.8) is 0 Å². The molecule has 0 atom stereocenters. The van der Waals surface area contributed by atoms with Crippen molar-refractivity contribution in [2.75, 3.05) is 51.2 Å². The van der Waals surface area contributed by atoms with Gasteiger partial charge in [-0.15, -0.1) is 0 Å². The molecule has 1 saturated heterocycles. The summed E-state index contributed by atoms with van der Waals surface area (Å²) in [7, 11) is -1.59. The summed E-state index contributed by atoms with van der Waals surface area (Å²) in [6, 6.07) is 23.9. The van der Waals surface area contributed by atoms with E-state index in [1.54, 1.807) is 10.4 Å². The Bertz CT molecular complexity index is 1780. The highest BCUT2D eigenvalue weighted by atomic mass is 32.2. The van der Waals surface area contributed by atoms with Crippen LogP contribution in [0.3, 0.4) is 0 Å². The summed E-state index contributed by atoms with van der Waals surface area (Å²) in [4.78, 5) is 25.2. The molecule has 1 aromatic heterocycles. The van der Waals surface area contributed by atoms with Gasteiger partial charge in [-0.2, -0.15) is 4.31 Å². The molecule has 0 saturated carbocycles. The van der Waals surface area contributed by atoms with E-state index in [2.05, 4.69) is 21.9 Å². The summed E-state index contributed by atoms with van der Waals surface area (Å²) in [5.41, 5.74) is 6.52. The predicted octanol–water partition coefficient (Wildman–Crippen LogP) is 3.93. The Hall–Kier alpha value is -3.79. The maximum Gasteiger partial charge on any atom is 0.256 e. The monoisotopic (exact) mass is 581 g/mol. The first-order chi connectivity index (χ1) is 20.4. The molecule has 0 aliphatic carbocycles. The summed E-state index contributed by atoms with van der Waals surface area (Å²) in [5, 5.41) is 1.11. The summed E-state index contributed by atoms with van der Waals surface area (Å²) in [6.45, 7) is 4.81. The Morgan fingerprint density at radius 1 is 0.810 bits per heavy atom. The Morgan fingerprint density at radius 2 is 1.60 bits per heavy atom. The largest absolute Gasteiger partial charge is 0.366 e. The van der Waals surface area contributed by atoms with Crippen LogP contribution in [0.15, 0.2) is 77.7 Å². The van der Waals surface area contributed by atoms with Gasteiger partial charge in [-0.3, -0.25) is 9.78 Å². The molecule has 216 valence electrons. The van der Waals surface area contributed by atoms with E-state index in [-0.39, 0.29) is 5.91 Å². The smallest absolute Gasteiger partial charge is 0.256 e. The number of carbonyl (C=O) groups is 1. The van der Waals surface area contributed by atoms with Gasteiger partial charge < -0.3 is 14.7 Å². The summed E-state index contributed by atoms with van der Waals surface area (Å²) in [6.07, 6.45) is 1.42. The molecule has 0 bridgehead atoms. The number of pyridine rings is 1. The van der Waals surface area contributed by atoms with Crippen LogP contribution in [0.5, 0.6) is 0 Å². The van der Waals surface area contributed by atoms with Crippen molar-refractivity contribution in [3.8, 4) is 0 Å². The Labute approximate surface area is 247 Å². The SMILES string of the molecule is CN1CCN(S(=O)(=O)c2cccc3c2CN(c2cccc4c2C(=O)N(CCc2ccc5ccccc5n2)C4)CC3)CC1. The van der Waals surface area contributed by atoms with E-state index >= 15 is 0 Å². The number of likely N-dealkylation sites (N-methyl/N-ethyl adjacent to an activating group) is 1. The molecule has 4 aromatic rings. The van der Waals surface area contributed by atoms with Gasteiger partial charge in [0.1, 0.15) is 0 Å². The standard InChI is InChI=1S/C33H35N5O3S/c1-35-18-20-38(21-19-35)42(40,41)31-11-5-7-24-14-16-36(23-28(24)31)30-10-4-8-26-22-37(33(39)32(26)30)17-15-27-13-12-25-6-2-3-9-29(25)34-27/h2-13H,14-23H2,1H3. The number of anilines is 1. The molecule has 0 N–H and O–H groups in total. The van der Waals surface area contributed by atoms with Crippen molar-refractivity contribution >= 4 is 32.5 Å². The van der Waals surface area contributed by atoms with Crippen LogP contribution in [0.1, 0.15) is 32.7 Å². The maximum atomic E-state index is 13.8. The lowest BCUT2D eigenvalue weighted by Crippen LogP contribution is -2.47. The van der Waals surface area contributed by atoms with E-state index in [9.17, 15) is 13.2 Å². The highest BCUT2D eigenvalue weighted by Gasteiger charge is 2.35. The highest BCUT2D eigenvalue weighted by molar-refractivity contribution is 7.89. The molecule has 42 heavy (non-hydrogen) atoms. The van der Waals surface area contributed by atoms with Crippen molar-refractivity contribution in [2.45, 2.75) is 30.8 Å². The molecule has 0 unspecified atom stereocenters. The van der Waals surface area contributed by atoms with Gasteiger partial charge in [-0.25, -0.2) is 8.42 Å². The molecule has 8 nitrogen and oxygen atoms in total. The fraction of sp³-hybridized carbons (Fsp3) is 0.333. The third-order valence-electron chi connectivity index (χ3n) is 8.94. The van der Waals surface area contributed by atoms with Gasteiger partial charge >= 0.3 is 0 Å². The van der Waals surface area contributed by atoms with Crippen LogP contribution in [0.2, 0.25) is 0 Å². The van der Waals surface area contributed by atoms with Gasteiger partial charge in [-0.1, -0.05) is 48.5 Å². The van der Waals surface area contributed by atoms with Crippen LogP contribution in [0.4, 0.5) is 5.69 Å². The molecule has 3 aliphatic rings. The Morgan fingerprint density at radius 3 is 2.45 bits per heavy atom. The lowest BCUT2D eigenvalue weighted by atomic mass is 9.98. The van der Waals surface area contributed by atoms with E-state index in [0.29, 0.717) is 44.0 Å². The molecule has 3 aromatic carbocycles. The molecule has 1 amide bonds. The minimum absolute atomic E-state index is 0.0329. The number of aromatic nitrogens is 1. The van der Waals surface area contributed by atoms with E-state index in [4.69, 9.17) is 4.98 Å². The zero-order valence-corrected chi connectivity index (χ0v) is 24.7. The van der Waals surface area contributed by atoms with E-state index in [0.717, 1.165) is 70.6 Å². The van der Waals surface area contributed by atoms with Crippen LogP contribution in [-0.2, 0) is 36.0 Å². The number of sulfonamides is 1. The number of rotatable bonds is 6. The number of para-hydroxylation sites is 1. The first-order valence-corrected chi connectivity index (χ1v) is 16.1. The quantitative estimate of drug-likeness (QED) is 0.344.